The van der Waals surface area contributed by atoms with Crippen LogP contribution in [0.4, 0.5) is 5.69 Å². The molecule has 1 aliphatic heterocycles. The van der Waals surface area contributed by atoms with Crippen molar-refractivity contribution < 1.29 is 14.3 Å². The van der Waals surface area contributed by atoms with Crippen LogP contribution in [0.2, 0.25) is 0 Å². The van der Waals surface area contributed by atoms with E-state index in [2.05, 4.69) is 11.5 Å². The van der Waals surface area contributed by atoms with Gasteiger partial charge in [0.1, 0.15) is 11.5 Å². The summed E-state index contributed by atoms with van der Waals surface area (Å²) in [6.45, 7) is 4.83. The molecule has 0 N–H and O–H groups in total. The maximum atomic E-state index is 11.7. The van der Waals surface area contributed by atoms with Gasteiger partial charge in [-0.1, -0.05) is 24.3 Å². The third-order valence-electron chi connectivity index (χ3n) is 3.67. The lowest BCUT2D eigenvalue weighted by molar-refractivity contribution is -0.134. The molecule has 1 aliphatic rings. The molecule has 0 aliphatic carbocycles. The standard InChI is InChI=1S/C19H19NO3/c1-2-3-9-19(21)23-17-10-11-18-15(12-17)13-20(14-22-18)16-7-5-4-6-8-16/h2,4-8,10-12H,1,3,9,13-14H2. The van der Waals surface area contributed by atoms with E-state index in [1.54, 1.807) is 12.1 Å². The van der Waals surface area contributed by atoms with Crippen molar-refractivity contribution in [3.8, 4) is 11.5 Å². The smallest absolute Gasteiger partial charge is 0.311 e. The molecule has 0 amide bonds. The Morgan fingerprint density at radius 1 is 1.26 bits per heavy atom. The Hall–Kier alpha value is -2.75. The molecule has 2 aromatic carbocycles. The summed E-state index contributed by atoms with van der Waals surface area (Å²) in [5, 5.41) is 0. The first-order valence-corrected chi connectivity index (χ1v) is 7.63. The van der Waals surface area contributed by atoms with Gasteiger partial charge < -0.3 is 14.4 Å². The summed E-state index contributed by atoms with van der Waals surface area (Å²) >= 11 is 0. The summed E-state index contributed by atoms with van der Waals surface area (Å²) in [7, 11) is 0. The largest absolute Gasteiger partial charge is 0.473 e. The number of para-hydroxylation sites is 1. The number of anilines is 1. The highest BCUT2D eigenvalue weighted by atomic mass is 16.5. The van der Waals surface area contributed by atoms with Gasteiger partial charge in [-0.25, -0.2) is 0 Å². The summed E-state index contributed by atoms with van der Waals surface area (Å²) < 4.78 is 11.2. The Balaban J connectivity index is 1.72. The number of hydrogen-bond donors (Lipinski definition) is 0. The second-order valence-corrected chi connectivity index (χ2v) is 5.38. The second-order valence-electron chi connectivity index (χ2n) is 5.38. The highest BCUT2D eigenvalue weighted by Gasteiger charge is 2.18. The van der Waals surface area contributed by atoms with Gasteiger partial charge >= 0.3 is 5.97 Å². The number of ether oxygens (including phenoxy) is 2. The molecule has 0 atom stereocenters. The average molecular weight is 309 g/mol. The summed E-state index contributed by atoms with van der Waals surface area (Å²) in [6, 6.07) is 15.6. The van der Waals surface area contributed by atoms with Gasteiger partial charge in [0.05, 0.1) is 0 Å². The van der Waals surface area contributed by atoms with Crippen LogP contribution in [0.15, 0.2) is 61.2 Å². The number of hydrogen-bond acceptors (Lipinski definition) is 4. The molecule has 0 radical (unpaired) electrons. The Labute approximate surface area is 135 Å². The Bertz CT molecular complexity index is 697. The van der Waals surface area contributed by atoms with E-state index in [9.17, 15) is 4.79 Å². The van der Waals surface area contributed by atoms with Crippen LogP contribution in [0.3, 0.4) is 0 Å². The number of carbonyl (C=O) groups excluding carboxylic acids is 1. The molecule has 23 heavy (non-hydrogen) atoms. The van der Waals surface area contributed by atoms with Gasteiger partial charge in [0.25, 0.3) is 0 Å². The molecule has 0 bridgehead atoms. The second kappa shape index (κ2) is 7.01. The van der Waals surface area contributed by atoms with Gasteiger partial charge in [-0.3, -0.25) is 4.79 Å². The van der Waals surface area contributed by atoms with E-state index < -0.39 is 0 Å². The fraction of sp³-hybridized carbons (Fsp3) is 0.211. The van der Waals surface area contributed by atoms with Crippen LogP contribution >= 0.6 is 0 Å². The third-order valence-corrected chi connectivity index (χ3v) is 3.67. The van der Waals surface area contributed by atoms with Crippen LogP contribution in [0, 0.1) is 0 Å². The van der Waals surface area contributed by atoms with Gasteiger partial charge in [0, 0.05) is 24.2 Å². The van der Waals surface area contributed by atoms with Crippen LogP contribution in [0.25, 0.3) is 0 Å². The Morgan fingerprint density at radius 2 is 2.09 bits per heavy atom. The molecule has 118 valence electrons. The lowest BCUT2D eigenvalue weighted by atomic mass is 10.1. The fourth-order valence-electron chi connectivity index (χ4n) is 2.49. The molecule has 1 heterocycles. The molecule has 2 aromatic rings. The minimum atomic E-state index is -0.249. The first kappa shape index (κ1) is 15.2. The van der Waals surface area contributed by atoms with E-state index in [1.807, 2.05) is 42.5 Å². The maximum absolute atomic E-state index is 11.7. The van der Waals surface area contributed by atoms with E-state index in [0.717, 1.165) is 23.5 Å². The average Bonchev–Trinajstić information content (AvgIpc) is 2.60. The summed E-state index contributed by atoms with van der Waals surface area (Å²) in [5.74, 6) is 1.14. The highest BCUT2D eigenvalue weighted by molar-refractivity contribution is 5.72. The molecule has 0 spiro atoms. The predicted molar refractivity (Wildman–Crippen MR) is 89.6 cm³/mol. The Kier molecular flexibility index (Phi) is 4.62. The molecule has 0 aromatic heterocycles. The minimum Gasteiger partial charge on any atom is -0.473 e. The van der Waals surface area contributed by atoms with Gasteiger partial charge in [0.15, 0.2) is 6.73 Å². The molecule has 4 nitrogen and oxygen atoms in total. The van der Waals surface area contributed by atoms with Crippen molar-refractivity contribution in [2.75, 3.05) is 11.6 Å². The normalized spacial score (nSPS) is 13.0. The quantitative estimate of drug-likeness (QED) is 0.477. The molecule has 0 unspecified atom stereocenters. The predicted octanol–water partition coefficient (Wildman–Crippen LogP) is 3.91. The van der Waals surface area contributed by atoms with Crippen molar-refractivity contribution in [3.63, 3.8) is 0 Å². The van der Waals surface area contributed by atoms with Crippen molar-refractivity contribution in [1.29, 1.82) is 0 Å². The number of benzene rings is 2. The van der Waals surface area contributed by atoms with Crippen molar-refractivity contribution in [2.24, 2.45) is 0 Å². The van der Waals surface area contributed by atoms with Gasteiger partial charge in [-0.05, 0) is 36.8 Å². The number of fused-ring (bicyclic) bond motifs is 1. The van der Waals surface area contributed by atoms with Crippen LogP contribution in [-0.4, -0.2) is 12.7 Å². The fourth-order valence-corrected chi connectivity index (χ4v) is 2.49. The molecule has 0 saturated carbocycles. The van der Waals surface area contributed by atoms with Gasteiger partial charge in [-0.2, -0.15) is 0 Å². The molecule has 0 fully saturated rings. The third kappa shape index (κ3) is 3.72. The lowest BCUT2D eigenvalue weighted by Crippen LogP contribution is -2.31. The first-order chi connectivity index (χ1) is 11.3. The van der Waals surface area contributed by atoms with Gasteiger partial charge in [-0.15, -0.1) is 6.58 Å². The number of allylic oxidation sites excluding steroid dienone is 1. The van der Waals surface area contributed by atoms with Crippen LogP contribution in [0.5, 0.6) is 11.5 Å². The van der Waals surface area contributed by atoms with E-state index in [4.69, 9.17) is 9.47 Å². The van der Waals surface area contributed by atoms with Crippen molar-refractivity contribution in [1.82, 2.24) is 0 Å². The van der Waals surface area contributed by atoms with Crippen molar-refractivity contribution in [2.45, 2.75) is 19.4 Å². The SMILES string of the molecule is C=CCCC(=O)Oc1ccc2c(c1)CN(c1ccccc1)CO2. The molecule has 3 rings (SSSR count). The van der Waals surface area contributed by atoms with E-state index in [-0.39, 0.29) is 5.97 Å². The number of esters is 1. The first-order valence-electron chi connectivity index (χ1n) is 7.63. The zero-order chi connectivity index (χ0) is 16.1. The maximum Gasteiger partial charge on any atom is 0.311 e. The summed E-state index contributed by atoms with van der Waals surface area (Å²) in [4.78, 5) is 13.8. The summed E-state index contributed by atoms with van der Waals surface area (Å²) in [5.41, 5.74) is 2.11. The zero-order valence-electron chi connectivity index (χ0n) is 12.9. The number of nitrogens with zero attached hydrogens (tertiary/aromatic N) is 1. The molecule has 0 saturated heterocycles. The molecule has 4 heteroatoms. The minimum absolute atomic E-state index is 0.249. The number of carbonyl (C=O) groups is 1. The van der Waals surface area contributed by atoms with E-state index >= 15 is 0 Å². The van der Waals surface area contributed by atoms with Crippen LogP contribution in [0.1, 0.15) is 18.4 Å². The number of rotatable bonds is 5. The highest BCUT2D eigenvalue weighted by Crippen LogP contribution is 2.31. The van der Waals surface area contributed by atoms with Gasteiger partial charge in [0.2, 0.25) is 0 Å². The van der Waals surface area contributed by atoms with E-state index in [0.29, 0.717) is 25.3 Å². The molecular weight excluding hydrogens is 290 g/mol. The monoisotopic (exact) mass is 309 g/mol. The lowest BCUT2D eigenvalue weighted by Gasteiger charge is -2.30. The topological polar surface area (TPSA) is 38.8 Å². The van der Waals surface area contributed by atoms with Crippen LogP contribution in [-0.2, 0) is 11.3 Å². The van der Waals surface area contributed by atoms with Crippen molar-refractivity contribution >= 4 is 11.7 Å². The molecular formula is C19H19NO3. The Morgan fingerprint density at radius 3 is 2.87 bits per heavy atom. The van der Waals surface area contributed by atoms with Crippen LogP contribution < -0.4 is 14.4 Å². The van der Waals surface area contributed by atoms with Crippen molar-refractivity contribution in [3.05, 3.63) is 66.7 Å². The van der Waals surface area contributed by atoms with E-state index in [1.165, 1.54) is 0 Å². The zero-order valence-corrected chi connectivity index (χ0v) is 12.9. The summed E-state index contributed by atoms with van der Waals surface area (Å²) in [6.07, 6.45) is 2.67.